The predicted octanol–water partition coefficient (Wildman–Crippen LogP) is 4.08. The van der Waals surface area contributed by atoms with Crippen molar-refractivity contribution in [1.29, 1.82) is 0 Å². The number of halogens is 1. The number of carbonyl (C=O) groups is 1. The van der Waals surface area contributed by atoms with E-state index in [1.165, 1.54) is 11.8 Å². The highest BCUT2D eigenvalue weighted by molar-refractivity contribution is 14.1. The first-order chi connectivity index (χ1) is 9.15. The van der Waals surface area contributed by atoms with Crippen molar-refractivity contribution in [2.24, 2.45) is 0 Å². The molecule has 0 heterocycles. The maximum atomic E-state index is 11.4. The zero-order chi connectivity index (χ0) is 13.7. The molecule has 2 rings (SSSR count). The smallest absolute Gasteiger partial charge is 0.317 e. The Morgan fingerprint density at radius 2 is 1.74 bits per heavy atom. The van der Waals surface area contributed by atoms with Gasteiger partial charge in [-0.15, -0.1) is 11.8 Å². The van der Waals surface area contributed by atoms with E-state index in [0.717, 1.165) is 14.0 Å². The highest BCUT2D eigenvalue weighted by Gasteiger charge is 2.19. The van der Waals surface area contributed by atoms with Crippen LogP contribution in [0.2, 0.25) is 0 Å². The molecule has 0 amide bonds. The standard InChI is InChI=1S/C15H13IO2S/c16-12-8-6-11(7-9-12)10-14(15(17)18)19-13-4-2-1-3-5-13/h1-9,14H,10H2,(H,17,18)/t14-/m0/s1. The summed E-state index contributed by atoms with van der Waals surface area (Å²) < 4.78 is 1.16. The van der Waals surface area contributed by atoms with Gasteiger partial charge < -0.3 is 5.11 Å². The van der Waals surface area contributed by atoms with Gasteiger partial charge in [0.25, 0.3) is 0 Å². The lowest BCUT2D eigenvalue weighted by atomic mass is 10.1. The van der Waals surface area contributed by atoms with Gasteiger partial charge in [-0.3, -0.25) is 4.79 Å². The number of hydrogen-bond acceptors (Lipinski definition) is 2. The Kier molecular flexibility index (Phi) is 5.27. The van der Waals surface area contributed by atoms with Crippen LogP contribution in [0, 0.1) is 3.57 Å². The molecular formula is C15H13IO2S. The van der Waals surface area contributed by atoms with E-state index in [4.69, 9.17) is 0 Å². The molecule has 0 spiro atoms. The summed E-state index contributed by atoms with van der Waals surface area (Å²) in [4.78, 5) is 12.3. The summed E-state index contributed by atoms with van der Waals surface area (Å²) in [6.45, 7) is 0. The maximum absolute atomic E-state index is 11.4. The van der Waals surface area contributed by atoms with Crippen molar-refractivity contribution in [2.45, 2.75) is 16.6 Å². The molecule has 0 aromatic heterocycles. The van der Waals surface area contributed by atoms with Crippen LogP contribution in [-0.4, -0.2) is 16.3 Å². The van der Waals surface area contributed by atoms with Gasteiger partial charge in [-0.1, -0.05) is 30.3 Å². The van der Waals surface area contributed by atoms with E-state index in [1.807, 2.05) is 54.6 Å². The number of benzene rings is 2. The Morgan fingerprint density at radius 1 is 1.11 bits per heavy atom. The predicted molar refractivity (Wildman–Crippen MR) is 86.6 cm³/mol. The summed E-state index contributed by atoms with van der Waals surface area (Å²) in [6.07, 6.45) is 0.534. The van der Waals surface area contributed by atoms with Crippen molar-refractivity contribution in [1.82, 2.24) is 0 Å². The fourth-order valence-electron chi connectivity index (χ4n) is 1.68. The summed E-state index contributed by atoms with van der Waals surface area (Å²) in [7, 11) is 0. The lowest BCUT2D eigenvalue weighted by molar-refractivity contribution is -0.136. The van der Waals surface area contributed by atoms with E-state index in [-0.39, 0.29) is 0 Å². The minimum Gasteiger partial charge on any atom is -0.480 e. The SMILES string of the molecule is O=C(O)[C@H](Cc1ccc(I)cc1)Sc1ccccc1. The molecule has 19 heavy (non-hydrogen) atoms. The number of carboxylic acid groups (broad SMARTS) is 1. The van der Waals surface area contributed by atoms with Crippen LogP contribution in [-0.2, 0) is 11.2 Å². The van der Waals surface area contributed by atoms with Crippen LogP contribution in [0.15, 0.2) is 59.5 Å². The van der Waals surface area contributed by atoms with Crippen LogP contribution < -0.4 is 0 Å². The molecule has 2 aromatic rings. The number of hydrogen-bond donors (Lipinski definition) is 1. The van der Waals surface area contributed by atoms with Gasteiger partial charge in [-0.2, -0.15) is 0 Å². The van der Waals surface area contributed by atoms with Crippen LogP contribution in [0.25, 0.3) is 0 Å². The van der Waals surface area contributed by atoms with E-state index in [2.05, 4.69) is 22.6 Å². The van der Waals surface area contributed by atoms with E-state index in [0.29, 0.717) is 6.42 Å². The Labute approximate surface area is 130 Å². The Bertz CT molecular complexity index is 540. The minimum atomic E-state index is -0.771. The molecular weight excluding hydrogens is 371 g/mol. The first-order valence-electron chi connectivity index (χ1n) is 5.84. The van der Waals surface area contributed by atoms with Crippen LogP contribution in [0.5, 0.6) is 0 Å². The molecule has 2 nitrogen and oxygen atoms in total. The first-order valence-corrected chi connectivity index (χ1v) is 7.80. The molecule has 98 valence electrons. The summed E-state index contributed by atoms with van der Waals surface area (Å²) in [6, 6.07) is 17.6. The molecule has 0 bridgehead atoms. The molecule has 1 N–H and O–H groups in total. The van der Waals surface area contributed by atoms with Crippen molar-refractivity contribution in [3.63, 3.8) is 0 Å². The first kappa shape index (κ1) is 14.4. The van der Waals surface area contributed by atoms with Crippen molar-refractivity contribution < 1.29 is 9.90 Å². The molecule has 0 saturated heterocycles. The fraction of sp³-hybridized carbons (Fsp3) is 0.133. The van der Waals surface area contributed by atoms with Crippen LogP contribution in [0.4, 0.5) is 0 Å². The molecule has 1 atom stereocenters. The van der Waals surface area contributed by atoms with Gasteiger partial charge in [0.05, 0.1) is 0 Å². The molecule has 0 radical (unpaired) electrons. The maximum Gasteiger partial charge on any atom is 0.317 e. The van der Waals surface area contributed by atoms with Crippen molar-refractivity contribution in [2.75, 3.05) is 0 Å². The highest BCUT2D eigenvalue weighted by Crippen LogP contribution is 2.26. The van der Waals surface area contributed by atoms with E-state index < -0.39 is 11.2 Å². The Balaban J connectivity index is 2.08. The van der Waals surface area contributed by atoms with Crippen LogP contribution >= 0.6 is 34.4 Å². The Morgan fingerprint density at radius 3 is 2.32 bits per heavy atom. The normalized spacial score (nSPS) is 12.1. The molecule has 4 heteroatoms. The average molecular weight is 384 g/mol. The van der Waals surface area contributed by atoms with Gasteiger partial charge in [0.1, 0.15) is 5.25 Å². The van der Waals surface area contributed by atoms with Crippen molar-refractivity contribution in [3.8, 4) is 0 Å². The minimum absolute atomic E-state index is 0.456. The van der Waals surface area contributed by atoms with Gasteiger partial charge in [-0.05, 0) is 58.8 Å². The molecule has 2 aromatic carbocycles. The number of aliphatic carboxylic acids is 1. The fourth-order valence-corrected chi connectivity index (χ4v) is 3.06. The zero-order valence-electron chi connectivity index (χ0n) is 10.1. The van der Waals surface area contributed by atoms with Crippen molar-refractivity contribution in [3.05, 3.63) is 63.7 Å². The van der Waals surface area contributed by atoms with Crippen molar-refractivity contribution >= 4 is 40.3 Å². The summed E-state index contributed by atoms with van der Waals surface area (Å²) in [5.41, 5.74) is 1.05. The second-order valence-corrected chi connectivity index (χ2v) is 6.61. The van der Waals surface area contributed by atoms with Crippen LogP contribution in [0.3, 0.4) is 0 Å². The van der Waals surface area contributed by atoms with Crippen LogP contribution in [0.1, 0.15) is 5.56 Å². The quantitative estimate of drug-likeness (QED) is 0.624. The lowest BCUT2D eigenvalue weighted by Gasteiger charge is -2.12. The molecule has 0 saturated carbocycles. The average Bonchev–Trinajstić information content (AvgIpc) is 2.41. The second kappa shape index (κ2) is 6.96. The van der Waals surface area contributed by atoms with Gasteiger partial charge in [0, 0.05) is 8.47 Å². The summed E-state index contributed by atoms with van der Waals surface area (Å²) in [5, 5.41) is 8.87. The van der Waals surface area contributed by atoms with Gasteiger partial charge in [0.15, 0.2) is 0 Å². The van der Waals surface area contributed by atoms with Gasteiger partial charge in [0.2, 0.25) is 0 Å². The van der Waals surface area contributed by atoms with Gasteiger partial charge in [-0.25, -0.2) is 0 Å². The third-order valence-corrected chi connectivity index (χ3v) is 4.55. The van der Waals surface area contributed by atoms with E-state index in [1.54, 1.807) is 0 Å². The van der Waals surface area contributed by atoms with Gasteiger partial charge >= 0.3 is 5.97 Å². The number of rotatable bonds is 5. The monoisotopic (exact) mass is 384 g/mol. The largest absolute Gasteiger partial charge is 0.480 e. The third kappa shape index (κ3) is 4.54. The lowest BCUT2D eigenvalue weighted by Crippen LogP contribution is -2.19. The summed E-state index contributed by atoms with van der Waals surface area (Å²) in [5.74, 6) is -0.771. The van der Waals surface area contributed by atoms with E-state index >= 15 is 0 Å². The molecule has 0 aliphatic carbocycles. The molecule has 0 aliphatic rings. The number of carboxylic acids is 1. The molecule has 0 unspecified atom stereocenters. The Hall–Kier alpha value is -1.01. The van der Waals surface area contributed by atoms with E-state index in [9.17, 15) is 9.90 Å². The highest BCUT2D eigenvalue weighted by atomic mass is 127. The topological polar surface area (TPSA) is 37.3 Å². The molecule has 0 fully saturated rings. The molecule has 0 aliphatic heterocycles. The summed E-state index contributed by atoms with van der Waals surface area (Å²) >= 11 is 3.64. The third-order valence-electron chi connectivity index (χ3n) is 2.63. The zero-order valence-corrected chi connectivity index (χ0v) is 13.1. The number of thioether (sulfide) groups is 1. The second-order valence-electron chi connectivity index (χ2n) is 4.09.